The molecule has 278 valence electrons. The summed E-state index contributed by atoms with van der Waals surface area (Å²) in [6.45, 7) is 2.31. The first-order chi connectivity index (χ1) is 29.2. The third-order valence-corrected chi connectivity index (χ3v) is 13.7. The summed E-state index contributed by atoms with van der Waals surface area (Å²) in [5, 5.41) is 9.42. The van der Waals surface area contributed by atoms with Crippen molar-refractivity contribution in [1.29, 1.82) is 0 Å². The summed E-state index contributed by atoms with van der Waals surface area (Å²) in [6.07, 6.45) is -0.342. The van der Waals surface area contributed by atoms with E-state index in [0.717, 1.165) is 71.7 Å². The number of thiophene rings is 1. The molecule has 8 aromatic carbocycles. The van der Waals surface area contributed by atoms with Crippen LogP contribution in [0.5, 0.6) is 0 Å². The fourth-order valence-corrected chi connectivity index (χ4v) is 11.1. The predicted octanol–water partition coefficient (Wildman–Crippen LogP) is 14.4. The Balaban J connectivity index is 1.17. The standard InChI is InChI=1S/C53H34N4OS/c1-31-47(38-22-6-5-17-33(38)32-15-3-2-4-16-32)54-53(57-44-24-12-8-18-34(44)39-27-29-41-36-20-9-13-25-45(36)58-50(41)48(39)57)55-52(31)56-43-23-11-7-19-35(43)40-28-30-42-37-21-10-14-26-46(37)59-51(42)49(40)56/h2-31,52H,1H3/t31-,52?/m1/s1. The summed E-state index contributed by atoms with van der Waals surface area (Å²) in [7, 11) is 0. The van der Waals surface area contributed by atoms with Crippen molar-refractivity contribution in [2.45, 2.75) is 13.1 Å². The molecule has 59 heavy (non-hydrogen) atoms. The van der Waals surface area contributed by atoms with Crippen LogP contribution in [0.1, 0.15) is 18.7 Å². The van der Waals surface area contributed by atoms with Crippen molar-refractivity contribution in [1.82, 2.24) is 9.13 Å². The maximum atomic E-state index is 6.80. The van der Waals surface area contributed by atoms with Crippen molar-refractivity contribution in [3.05, 3.63) is 181 Å². The fourth-order valence-electron chi connectivity index (χ4n) is 9.86. The Bertz CT molecular complexity index is 3770. The molecule has 2 atom stereocenters. The number of aliphatic imine (C=N–C) groups is 2. The van der Waals surface area contributed by atoms with E-state index < -0.39 is 0 Å². The summed E-state index contributed by atoms with van der Waals surface area (Å²) in [5.41, 5.74) is 10.5. The quantitative estimate of drug-likeness (QED) is 0.176. The SMILES string of the molecule is C[C@@H]1C(c2ccccc2-c2ccccc2)=NC(n2c3ccccc3c3ccc4c5ccccc5oc4c32)=NC1n1c2ccccc2c2ccc3c4ccccc4sc3c21. The minimum absolute atomic E-state index is 0.105. The predicted molar refractivity (Wildman–Crippen MR) is 249 cm³/mol. The molecule has 12 aromatic rings. The fraction of sp³-hybridized carbons (Fsp3) is 0.0566. The van der Waals surface area contributed by atoms with Gasteiger partial charge in [0.05, 0.1) is 27.0 Å². The molecule has 6 heteroatoms. The number of benzene rings is 8. The summed E-state index contributed by atoms with van der Waals surface area (Å²) in [6, 6.07) is 63.0. The molecule has 1 aliphatic rings. The molecule has 5 heterocycles. The van der Waals surface area contributed by atoms with Crippen LogP contribution in [-0.2, 0) is 0 Å². The first-order valence-corrected chi connectivity index (χ1v) is 21.0. The normalized spacial score (nSPS) is 16.1. The first-order valence-electron chi connectivity index (χ1n) is 20.2. The molecule has 1 unspecified atom stereocenters. The van der Waals surface area contributed by atoms with Crippen LogP contribution in [0.2, 0.25) is 0 Å². The van der Waals surface area contributed by atoms with Crippen LogP contribution in [0.25, 0.3) is 96.8 Å². The van der Waals surface area contributed by atoms with Gasteiger partial charge in [0.1, 0.15) is 17.3 Å². The van der Waals surface area contributed by atoms with E-state index in [1.807, 2.05) is 17.4 Å². The minimum atomic E-state index is -0.342. The highest BCUT2D eigenvalue weighted by Gasteiger charge is 2.35. The molecule has 4 aromatic heterocycles. The summed E-state index contributed by atoms with van der Waals surface area (Å²) >= 11 is 1.87. The molecular formula is C53H34N4OS. The van der Waals surface area contributed by atoms with Gasteiger partial charge in [-0.3, -0.25) is 4.57 Å². The van der Waals surface area contributed by atoms with Gasteiger partial charge in [0.25, 0.3) is 0 Å². The Morgan fingerprint density at radius 3 is 1.95 bits per heavy atom. The molecule has 0 fully saturated rings. The zero-order chi connectivity index (χ0) is 38.8. The number of rotatable bonds is 3. The second kappa shape index (κ2) is 12.4. The van der Waals surface area contributed by atoms with E-state index in [9.17, 15) is 0 Å². The monoisotopic (exact) mass is 774 g/mol. The van der Waals surface area contributed by atoms with Crippen molar-refractivity contribution in [2.24, 2.45) is 15.9 Å². The van der Waals surface area contributed by atoms with Gasteiger partial charge in [-0.2, -0.15) is 0 Å². The van der Waals surface area contributed by atoms with Crippen LogP contribution in [-0.4, -0.2) is 20.8 Å². The number of aromatic nitrogens is 2. The Labute approximate surface area is 342 Å². The number of hydrogen-bond donors (Lipinski definition) is 0. The lowest BCUT2D eigenvalue weighted by atomic mass is 9.88. The molecule has 5 nitrogen and oxygen atoms in total. The summed E-state index contributed by atoms with van der Waals surface area (Å²) < 4.78 is 14.2. The Morgan fingerprint density at radius 1 is 0.508 bits per heavy atom. The number of nitrogens with zero attached hydrogens (tertiary/aromatic N) is 4. The third-order valence-electron chi connectivity index (χ3n) is 12.5. The molecule has 0 saturated heterocycles. The topological polar surface area (TPSA) is 47.7 Å². The maximum absolute atomic E-state index is 6.80. The lowest BCUT2D eigenvalue weighted by Crippen LogP contribution is -2.31. The van der Waals surface area contributed by atoms with Crippen molar-refractivity contribution >= 4 is 109 Å². The largest absolute Gasteiger partial charge is 0.454 e. The van der Waals surface area contributed by atoms with Crippen molar-refractivity contribution in [3.63, 3.8) is 0 Å². The average Bonchev–Trinajstić information content (AvgIpc) is 4.05. The number of furan rings is 1. The van der Waals surface area contributed by atoms with Gasteiger partial charge in [0.15, 0.2) is 5.58 Å². The van der Waals surface area contributed by atoms with Gasteiger partial charge in [-0.05, 0) is 41.5 Å². The van der Waals surface area contributed by atoms with E-state index in [-0.39, 0.29) is 12.1 Å². The molecule has 0 amide bonds. The lowest BCUT2D eigenvalue weighted by molar-refractivity contribution is 0.462. The van der Waals surface area contributed by atoms with Gasteiger partial charge in [-0.15, -0.1) is 11.3 Å². The van der Waals surface area contributed by atoms with Crippen LogP contribution < -0.4 is 0 Å². The molecule has 1 aliphatic heterocycles. The van der Waals surface area contributed by atoms with E-state index >= 15 is 0 Å². The third kappa shape index (κ3) is 4.60. The van der Waals surface area contributed by atoms with Gasteiger partial charge in [0.2, 0.25) is 5.96 Å². The molecule has 0 bridgehead atoms. The van der Waals surface area contributed by atoms with E-state index in [1.165, 1.54) is 36.5 Å². The molecule has 0 spiro atoms. The Morgan fingerprint density at radius 2 is 1.12 bits per heavy atom. The van der Waals surface area contributed by atoms with Crippen molar-refractivity contribution < 1.29 is 4.42 Å². The van der Waals surface area contributed by atoms with Crippen molar-refractivity contribution in [3.8, 4) is 11.1 Å². The van der Waals surface area contributed by atoms with Gasteiger partial charge >= 0.3 is 0 Å². The number of para-hydroxylation sites is 3. The minimum Gasteiger partial charge on any atom is -0.454 e. The number of fused-ring (bicyclic) bond motifs is 14. The van der Waals surface area contributed by atoms with Crippen LogP contribution in [0.4, 0.5) is 0 Å². The Hall–Kier alpha value is -7.28. The molecule has 13 rings (SSSR count). The zero-order valence-corrected chi connectivity index (χ0v) is 32.8. The average molecular weight is 775 g/mol. The van der Waals surface area contributed by atoms with Crippen molar-refractivity contribution in [2.75, 3.05) is 0 Å². The van der Waals surface area contributed by atoms with Gasteiger partial charge < -0.3 is 8.98 Å². The summed E-state index contributed by atoms with van der Waals surface area (Å²) in [5.74, 6) is 0.533. The second-order valence-electron chi connectivity index (χ2n) is 15.7. The van der Waals surface area contributed by atoms with Crippen LogP contribution >= 0.6 is 11.3 Å². The van der Waals surface area contributed by atoms with Crippen LogP contribution in [0, 0.1) is 5.92 Å². The van der Waals surface area contributed by atoms with E-state index in [0.29, 0.717) is 5.96 Å². The smallest absolute Gasteiger partial charge is 0.232 e. The highest BCUT2D eigenvalue weighted by atomic mass is 32.1. The number of hydrogen-bond acceptors (Lipinski definition) is 4. The lowest BCUT2D eigenvalue weighted by Gasteiger charge is -2.31. The second-order valence-corrected chi connectivity index (χ2v) is 16.7. The van der Waals surface area contributed by atoms with Crippen LogP contribution in [0.15, 0.2) is 190 Å². The molecule has 0 aliphatic carbocycles. The highest BCUT2D eigenvalue weighted by molar-refractivity contribution is 7.26. The van der Waals surface area contributed by atoms with E-state index in [4.69, 9.17) is 14.4 Å². The van der Waals surface area contributed by atoms with Crippen LogP contribution in [0.3, 0.4) is 0 Å². The molecule has 0 N–H and O–H groups in total. The van der Waals surface area contributed by atoms with E-state index in [2.05, 4.69) is 186 Å². The molecule has 0 radical (unpaired) electrons. The van der Waals surface area contributed by atoms with Gasteiger partial charge in [-0.25, -0.2) is 9.98 Å². The highest BCUT2D eigenvalue weighted by Crippen LogP contribution is 2.46. The molecular weight excluding hydrogens is 741 g/mol. The zero-order valence-electron chi connectivity index (χ0n) is 32.0. The Kier molecular flexibility index (Phi) is 6.86. The molecule has 0 saturated carbocycles. The van der Waals surface area contributed by atoms with Gasteiger partial charge in [-0.1, -0.05) is 153 Å². The van der Waals surface area contributed by atoms with E-state index in [1.54, 1.807) is 0 Å². The first kappa shape index (κ1) is 32.8. The maximum Gasteiger partial charge on any atom is 0.232 e. The van der Waals surface area contributed by atoms with Gasteiger partial charge in [0, 0.05) is 59.3 Å². The summed E-state index contributed by atoms with van der Waals surface area (Å²) in [4.78, 5) is 11.6.